The summed E-state index contributed by atoms with van der Waals surface area (Å²) in [6.07, 6.45) is 7.42. The zero-order valence-corrected chi connectivity index (χ0v) is 17.6. The van der Waals surface area contributed by atoms with Crippen molar-refractivity contribution in [1.29, 1.82) is 0 Å². The predicted molar refractivity (Wildman–Crippen MR) is 116 cm³/mol. The van der Waals surface area contributed by atoms with Gasteiger partial charge in [-0.25, -0.2) is 15.0 Å². The fraction of sp³-hybridized carbons (Fsp3) is 0.455. The van der Waals surface area contributed by atoms with E-state index in [2.05, 4.69) is 30.6 Å². The van der Waals surface area contributed by atoms with Crippen molar-refractivity contribution in [3.8, 4) is 11.4 Å². The minimum absolute atomic E-state index is 0.0794. The van der Waals surface area contributed by atoms with Crippen LogP contribution in [-0.4, -0.2) is 37.8 Å². The molecule has 1 aliphatic carbocycles. The number of pyridine rings is 1. The maximum absolute atomic E-state index is 14.9. The van der Waals surface area contributed by atoms with Crippen LogP contribution in [0.4, 0.5) is 16.0 Å². The molecule has 0 spiro atoms. The Hall–Kier alpha value is -3.03. The predicted octanol–water partition coefficient (Wildman–Crippen LogP) is 4.93. The molecule has 4 rings (SSSR count). The van der Waals surface area contributed by atoms with E-state index >= 15 is 0 Å². The van der Waals surface area contributed by atoms with E-state index in [-0.39, 0.29) is 23.2 Å². The second kappa shape index (κ2) is 8.38. The van der Waals surface area contributed by atoms with E-state index in [0.29, 0.717) is 34.3 Å². The quantitative estimate of drug-likeness (QED) is 0.394. The van der Waals surface area contributed by atoms with Crippen molar-refractivity contribution in [2.24, 2.45) is 0 Å². The first-order valence-corrected chi connectivity index (χ1v) is 10.5. The lowest BCUT2D eigenvalue weighted by Crippen LogP contribution is -2.23. The van der Waals surface area contributed by atoms with Crippen molar-refractivity contribution >= 4 is 28.5 Å². The van der Waals surface area contributed by atoms with Crippen molar-refractivity contribution in [2.75, 3.05) is 10.6 Å². The summed E-state index contributed by atoms with van der Waals surface area (Å²) in [5, 5.41) is 7.20. The number of nitrogens with one attached hydrogen (secondary N) is 3. The number of ketones is 1. The Morgan fingerprint density at radius 1 is 1.17 bits per heavy atom. The summed E-state index contributed by atoms with van der Waals surface area (Å²) < 4.78 is 14.9. The Kier molecular flexibility index (Phi) is 5.65. The monoisotopic (exact) mass is 410 g/mol. The van der Waals surface area contributed by atoms with E-state index < -0.39 is 5.95 Å². The number of carbonyl (C=O) groups is 1. The third-order valence-electron chi connectivity index (χ3n) is 5.38. The van der Waals surface area contributed by atoms with Crippen LogP contribution in [0.25, 0.3) is 22.4 Å². The molecule has 0 radical (unpaired) electrons. The molecular formula is C22H27FN6O. The number of halogens is 1. The lowest BCUT2D eigenvalue weighted by molar-refractivity contribution is 0.101. The third-order valence-corrected chi connectivity index (χ3v) is 5.38. The number of hydrogen-bond donors (Lipinski definition) is 3. The maximum Gasteiger partial charge on any atom is 0.225 e. The van der Waals surface area contributed by atoms with E-state index in [1.807, 2.05) is 13.8 Å². The summed E-state index contributed by atoms with van der Waals surface area (Å²) in [5.74, 6) is 0.542. The van der Waals surface area contributed by atoms with Gasteiger partial charge in [0.05, 0.1) is 10.9 Å². The molecule has 1 fully saturated rings. The molecule has 0 amide bonds. The lowest BCUT2D eigenvalue weighted by atomic mass is 9.95. The van der Waals surface area contributed by atoms with Gasteiger partial charge in [-0.1, -0.05) is 19.3 Å². The van der Waals surface area contributed by atoms with Gasteiger partial charge in [-0.2, -0.15) is 4.39 Å². The number of nitrogens with zero attached hydrogens (tertiary/aromatic N) is 3. The molecule has 3 aromatic heterocycles. The van der Waals surface area contributed by atoms with Gasteiger partial charge >= 0.3 is 0 Å². The summed E-state index contributed by atoms with van der Waals surface area (Å²) in [4.78, 5) is 28.1. The molecule has 30 heavy (non-hydrogen) atoms. The highest BCUT2D eigenvalue weighted by Crippen LogP contribution is 2.30. The smallest absolute Gasteiger partial charge is 0.225 e. The number of rotatable bonds is 6. The highest BCUT2D eigenvalue weighted by molar-refractivity contribution is 6.09. The van der Waals surface area contributed by atoms with Crippen LogP contribution in [0.5, 0.6) is 0 Å². The minimum atomic E-state index is -0.621. The number of carbonyl (C=O) groups excluding carboxylic acids is 1. The van der Waals surface area contributed by atoms with E-state index in [4.69, 9.17) is 0 Å². The molecular weight excluding hydrogens is 383 g/mol. The topological polar surface area (TPSA) is 95.6 Å². The Balaban J connectivity index is 1.70. The van der Waals surface area contributed by atoms with Crippen molar-refractivity contribution in [1.82, 2.24) is 19.9 Å². The van der Waals surface area contributed by atoms with Gasteiger partial charge in [0.25, 0.3) is 0 Å². The summed E-state index contributed by atoms with van der Waals surface area (Å²) in [6, 6.07) is 3.85. The molecule has 3 aromatic rings. The number of aromatic amines is 1. The Labute approximate surface area is 174 Å². The van der Waals surface area contributed by atoms with Gasteiger partial charge in [-0.15, -0.1) is 0 Å². The van der Waals surface area contributed by atoms with Crippen LogP contribution in [0.1, 0.15) is 63.2 Å². The van der Waals surface area contributed by atoms with Crippen LogP contribution in [0.2, 0.25) is 0 Å². The van der Waals surface area contributed by atoms with Crippen molar-refractivity contribution in [3.63, 3.8) is 0 Å². The SMILES string of the molecule is CC(=O)c1c[nH]c2nc(-c3ccc(NC4CCCCC4)nc3F)nc(NC(C)C)c12. The summed E-state index contributed by atoms with van der Waals surface area (Å²) >= 11 is 0. The average molecular weight is 410 g/mol. The first-order chi connectivity index (χ1) is 14.4. The molecule has 158 valence electrons. The van der Waals surface area contributed by atoms with Crippen LogP contribution in [-0.2, 0) is 0 Å². The summed E-state index contributed by atoms with van der Waals surface area (Å²) in [5.41, 5.74) is 1.21. The third kappa shape index (κ3) is 4.13. The number of Topliss-reactive ketones (excluding diaryl/α,β-unsaturated/α-hetero) is 1. The fourth-order valence-electron chi connectivity index (χ4n) is 3.95. The van der Waals surface area contributed by atoms with Crippen LogP contribution in [0.3, 0.4) is 0 Å². The van der Waals surface area contributed by atoms with E-state index in [1.54, 1.807) is 18.3 Å². The second-order valence-electron chi connectivity index (χ2n) is 8.19. The van der Waals surface area contributed by atoms with Gasteiger partial charge in [-0.3, -0.25) is 4.79 Å². The van der Waals surface area contributed by atoms with Gasteiger partial charge in [0.1, 0.15) is 17.3 Å². The molecule has 0 saturated heterocycles. The van der Waals surface area contributed by atoms with Gasteiger partial charge in [0, 0.05) is 23.8 Å². The van der Waals surface area contributed by atoms with Crippen LogP contribution >= 0.6 is 0 Å². The number of hydrogen-bond acceptors (Lipinski definition) is 6. The Bertz CT molecular complexity index is 1070. The zero-order chi connectivity index (χ0) is 21.3. The van der Waals surface area contributed by atoms with E-state index in [1.165, 1.54) is 26.2 Å². The van der Waals surface area contributed by atoms with Gasteiger partial charge in [0.2, 0.25) is 5.95 Å². The van der Waals surface area contributed by atoms with Crippen molar-refractivity contribution < 1.29 is 9.18 Å². The summed E-state index contributed by atoms with van der Waals surface area (Å²) in [7, 11) is 0. The van der Waals surface area contributed by atoms with Crippen LogP contribution in [0, 0.1) is 5.95 Å². The van der Waals surface area contributed by atoms with Gasteiger partial charge in [-0.05, 0) is 45.7 Å². The molecule has 0 aliphatic heterocycles. The molecule has 7 nitrogen and oxygen atoms in total. The molecule has 8 heteroatoms. The average Bonchev–Trinajstić information content (AvgIpc) is 3.13. The number of anilines is 2. The molecule has 0 bridgehead atoms. The molecule has 3 N–H and O–H groups in total. The molecule has 0 unspecified atom stereocenters. The lowest BCUT2D eigenvalue weighted by Gasteiger charge is -2.23. The molecule has 1 aliphatic rings. The number of H-pyrrole nitrogens is 1. The van der Waals surface area contributed by atoms with Crippen LogP contribution in [0.15, 0.2) is 18.3 Å². The Morgan fingerprint density at radius 3 is 2.60 bits per heavy atom. The summed E-state index contributed by atoms with van der Waals surface area (Å²) in [6.45, 7) is 5.44. The minimum Gasteiger partial charge on any atom is -0.367 e. The molecule has 0 aromatic carbocycles. The first kappa shape index (κ1) is 20.3. The zero-order valence-electron chi connectivity index (χ0n) is 17.6. The number of fused-ring (bicyclic) bond motifs is 1. The van der Waals surface area contributed by atoms with Crippen LogP contribution < -0.4 is 10.6 Å². The largest absolute Gasteiger partial charge is 0.367 e. The van der Waals surface area contributed by atoms with Crippen molar-refractivity contribution in [2.45, 2.75) is 65.0 Å². The number of aromatic nitrogens is 4. The standard InChI is InChI=1S/C22H27FN6O/c1-12(2)25-22-18-16(13(3)30)11-24-21(18)28-20(29-22)15-9-10-17(27-19(15)23)26-14-7-5-4-6-8-14/h9-12,14H,4-8H2,1-3H3,(H,26,27)(H2,24,25,28,29). The van der Waals surface area contributed by atoms with Crippen molar-refractivity contribution in [3.05, 3.63) is 29.8 Å². The maximum atomic E-state index is 14.9. The normalized spacial score (nSPS) is 15.0. The van der Waals surface area contributed by atoms with E-state index in [0.717, 1.165) is 12.8 Å². The Morgan fingerprint density at radius 2 is 1.93 bits per heavy atom. The first-order valence-electron chi connectivity index (χ1n) is 10.5. The molecule has 3 heterocycles. The van der Waals surface area contributed by atoms with Gasteiger partial charge < -0.3 is 15.6 Å². The highest BCUT2D eigenvalue weighted by Gasteiger charge is 2.20. The second-order valence-corrected chi connectivity index (χ2v) is 8.19. The molecule has 1 saturated carbocycles. The van der Waals surface area contributed by atoms with E-state index in [9.17, 15) is 9.18 Å². The highest BCUT2D eigenvalue weighted by atomic mass is 19.1. The molecule has 0 atom stereocenters. The fourth-order valence-corrected chi connectivity index (χ4v) is 3.95. The van der Waals surface area contributed by atoms with Gasteiger partial charge in [0.15, 0.2) is 11.6 Å².